The standard InChI is InChI=1S/C24H28N2O5S2/c1-5-31-23(28)21-16-9-6-14(2)12-19(16)33-22(21)26-24(32)25-20(27)11-8-15-7-10-17(29-3)18(13-15)30-4/h7-8,10-11,13-14H,5-6,9,12H2,1-4H3,(H2,25,26,27,32)/b11-8+/t14-/m1/s1. The number of amides is 1. The first-order valence-corrected chi connectivity index (χ1v) is 11.9. The summed E-state index contributed by atoms with van der Waals surface area (Å²) >= 11 is 6.83. The molecule has 1 aliphatic rings. The minimum atomic E-state index is -0.394. The van der Waals surface area contributed by atoms with E-state index in [0.29, 0.717) is 34.6 Å². The van der Waals surface area contributed by atoms with Crippen LogP contribution in [0.3, 0.4) is 0 Å². The van der Waals surface area contributed by atoms with Crippen LogP contribution in [-0.4, -0.2) is 37.8 Å². The van der Waals surface area contributed by atoms with E-state index in [0.717, 1.165) is 30.4 Å². The molecule has 1 amide bonds. The molecule has 0 fully saturated rings. The normalized spacial score (nSPS) is 15.0. The molecule has 176 valence electrons. The van der Waals surface area contributed by atoms with E-state index in [1.165, 1.54) is 22.3 Å². The number of thiophene rings is 1. The third-order valence-corrected chi connectivity index (χ3v) is 6.66. The maximum absolute atomic E-state index is 12.6. The highest BCUT2D eigenvalue weighted by Crippen LogP contribution is 2.40. The summed E-state index contributed by atoms with van der Waals surface area (Å²) in [5.41, 5.74) is 2.33. The molecule has 0 spiro atoms. The van der Waals surface area contributed by atoms with Gasteiger partial charge in [0.05, 0.1) is 26.4 Å². The van der Waals surface area contributed by atoms with Gasteiger partial charge in [0.1, 0.15) is 5.00 Å². The smallest absolute Gasteiger partial charge is 0.341 e. The topological polar surface area (TPSA) is 85.9 Å². The second-order valence-corrected chi connectivity index (χ2v) is 9.18. The van der Waals surface area contributed by atoms with Gasteiger partial charge in [-0.15, -0.1) is 11.3 Å². The number of anilines is 1. The van der Waals surface area contributed by atoms with E-state index in [1.807, 2.05) is 6.07 Å². The Morgan fingerprint density at radius 3 is 2.70 bits per heavy atom. The lowest BCUT2D eigenvalue weighted by Gasteiger charge is -2.18. The molecular weight excluding hydrogens is 460 g/mol. The molecular formula is C24H28N2O5S2. The van der Waals surface area contributed by atoms with Gasteiger partial charge in [0, 0.05) is 11.0 Å². The molecule has 0 radical (unpaired) electrons. The van der Waals surface area contributed by atoms with Gasteiger partial charge in [-0.1, -0.05) is 13.0 Å². The molecule has 0 saturated heterocycles. The summed E-state index contributed by atoms with van der Waals surface area (Å²) < 4.78 is 15.8. The van der Waals surface area contributed by atoms with Gasteiger partial charge in [-0.2, -0.15) is 0 Å². The van der Waals surface area contributed by atoms with Crippen molar-refractivity contribution in [1.82, 2.24) is 5.32 Å². The van der Waals surface area contributed by atoms with Gasteiger partial charge in [-0.05, 0) is 73.7 Å². The SMILES string of the molecule is CCOC(=O)c1c(NC(=S)NC(=O)/C=C/c2ccc(OC)c(OC)c2)sc2c1CC[C@@H](C)C2. The molecule has 9 heteroatoms. The van der Waals surface area contributed by atoms with Crippen molar-refractivity contribution in [3.63, 3.8) is 0 Å². The lowest BCUT2D eigenvalue weighted by atomic mass is 9.88. The Labute approximate surface area is 203 Å². The lowest BCUT2D eigenvalue weighted by Crippen LogP contribution is -2.33. The van der Waals surface area contributed by atoms with Crippen LogP contribution in [0.1, 0.15) is 46.6 Å². The molecule has 0 unspecified atom stereocenters. The third kappa shape index (κ3) is 6.11. The van der Waals surface area contributed by atoms with Crippen LogP contribution >= 0.6 is 23.6 Å². The van der Waals surface area contributed by atoms with Gasteiger partial charge >= 0.3 is 5.97 Å². The number of rotatable bonds is 7. The molecule has 2 aromatic rings. The number of carbonyl (C=O) groups excluding carboxylic acids is 2. The maximum Gasteiger partial charge on any atom is 0.341 e. The van der Waals surface area contributed by atoms with E-state index < -0.39 is 5.91 Å². The van der Waals surface area contributed by atoms with E-state index in [9.17, 15) is 9.59 Å². The van der Waals surface area contributed by atoms with Crippen molar-refractivity contribution in [3.8, 4) is 11.5 Å². The van der Waals surface area contributed by atoms with E-state index in [-0.39, 0.29) is 11.1 Å². The molecule has 0 aliphatic heterocycles. The Hall–Kier alpha value is -2.91. The first kappa shape index (κ1) is 24.7. The number of hydrogen-bond acceptors (Lipinski definition) is 7. The Balaban J connectivity index is 1.70. The largest absolute Gasteiger partial charge is 0.493 e. The predicted molar refractivity (Wildman–Crippen MR) is 134 cm³/mol. The van der Waals surface area contributed by atoms with Crippen LogP contribution in [0, 0.1) is 5.92 Å². The maximum atomic E-state index is 12.6. The van der Waals surface area contributed by atoms with Gasteiger partial charge in [-0.3, -0.25) is 10.1 Å². The molecule has 1 aromatic carbocycles. The Bertz CT molecular complexity index is 1080. The van der Waals surface area contributed by atoms with Gasteiger partial charge < -0.3 is 19.5 Å². The quantitative estimate of drug-likeness (QED) is 0.335. The second kappa shape index (κ2) is 11.3. The average molecular weight is 489 g/mol. The van der Waals surface area contributed by atoms with Crippen molar-refractivity contribution in [1.29, 1.82) is 0 Å². The molecule has 1 aromatic heterocycles. The number of benzene rings is 1. The van der Waals surface area contributed by atoms with Crippen molar-refractivity contribution >= 4 is 51.6 Å². The Kier molecular flexibility index (Phi) is 8.46. The highest BCUT2D eigenvalue weighted by molar-refractivity contribution is 7.80. The van der Waals surface area contributed by atoms with Crippen molar-refractivity contribution in [3.05, 3.63) is 45.8 Å². The van der Waals surface area contributed by atoms with E-state index in [2.05, 4.69) is 17.6 Å². The number of carbonyl (C=O) groups is 2. The Morgan fingerprint density at radius 1 is 1.24 bits per heavy atom. The summed E-state index contributed by atoms with van der Waals surface area (Å²) in [7, 11) is 3.11. The molecule has 1 atom stereocenters. The number of hydrogen-bond donors (Lipinski definition) is 2. The summed E-state index contributed by atoms with van der Waals surface area (Å²) in [6.45, 7) is 4.28. The zero-order chi connectivity index (χ0) is 24.0. The highest BCUT2D eigenvalue weighted by Gasteiger charge is 2.28. The van der Waals surface area contributed by atoms with E-state index in [4.69, 9.17) is 26.4 Å². The van der Waals surface area contributed by atoms with Crippen LogP contribution < -0.4 is 20.1 Å². The van der Waals surface area contributed by atoms with Gasteiger partial charge in [-0.25, -0.2) is 4.79 Å². The number of esters is 1. The number of methoxy groups -OCH3 is 2. The van der Waals surface area contributed by atoms with Gasteiger partial charge in [0.15, 0.2) is 16.6 Å². The zero-order valence-corrected chi connectivity index (χ0v) is 20.8. The van der Waals surface area contributed by atoms with Crippen LogP contribution in [-0.2, 0) is 22.4 Å². The highest BCUT2D eigenvalue weighted by atomic mass is 32.1. The fourth-order valence-corrected chi connectivity index (χ4v) is 5.34. The van der Waals surface area contributed by atoms with Crippen LogP contribution in [0.15, 0.2) is 24.3 Å². The number of nitrogens with one attached hydrogen (secondary N) is 2. The minimum absolute atomic E-state index is 0.120. The van der Waals surface area contributed by atoms with E-state index >= 15 is 0 Å². The molecule has 33 heavy (non-hydrogen) atoms. The summed E-state index contributed by atoms with van der Waals surface area (Å²) in [5.74, 6) is 0.978. The van der Waals surface area contributed by atoms with Crippen LogP contribution in [0.4, 0.5) is 5.00 Å². The van der Waals surface area contributed by atoms with Crippen LogP contribution in [0.5, 0.6) is 11.5 Å². The minimum Gasteiger partial charge on any atom is -0.493 e. The summed E-state index contributed by atoms with van der Waals surface area (Å²) in [6, 6.07) is 5.34. The first-order chi connectivity index (χ1) is 15.9. The number of thiocarbonyl (C=S) groups is 1. The number of fused-ring (bicyclic) bond motifs is 1. The monoisotopic (exact) mass is 488 g/mol. The molecule has 2 N–H and O–H groups in total. The second-order valence-electron chi connectivity index (χ2n) is 7.67. The Morgan fingerprint density at radius 2 is 2.00 bits per heavy atom. The first-order valence-electron chi connectivity index (χ1n) is 10.7. The summed E-state index contributed by atoms with van der Waals surface area (Å²) in [6.07, 6.45) is 5.80. The summed E-state index contributed by atoms with van der Waals surface area (Å²) in [5, 5.41) is 6.39. The molecule has 7 nitrogen and oxygen atoms in total. The van der Waals surface area contributed by atoms with Crippen molar-refractivity contribution in [2.24, 2.45) is 5.92 Å². The van der Waals surface area contributed by atoms with Crippen molar-refractivity contribution in [2.75, 3.05) is 26.1 Å². The van der Waals surface area contributed by atoms with Gasteiger partial charge in [0.25, 0.3) is 0 Å². The molecule has 0 saturated carbocycles. The number of ether oxygens (including phenoxy) is 3. The average Bonchev–Trinajstić information content (AvgIpc) is 3.14. The fraction of sp³-hybridized carbons (Fsp3) is 0.375. The predicted octanol–water partition coefficient (Wildman–Crippen LogP) is 4.59. The lowest BCUT2D eigenvalue weighted by molar-refractivity contribution is -0.115. The van der Waals surface area contributed by atoms with Crippen molar-refractivity contribution in [2.45, 2.75) is 33.1 Å². The molecule has 0 bridgehead atoms. The molecule has 1 heterocycles. The van der Waals surface area contributed by atoms with Crippen LogP contribution in [0.2, 0.25) is 0 Å². The van der Waals surface area contributed by atoms with Crippen molar-refractivity contribution < 1.29 is 23.8 Å². The van der Waals surface area contributed by atoms with Gasteiger partial charge in [0.2, 0.25) is 5.91 Å². The third-order valence-electron chi connectivity index (χ3n) is 5.29. The molecule has 3 rings (SSSR count). The van der Waals surface area contributed by atoms with E-state index in [1.54, 1.807) is 39.4 Å². The summed E-state index contributed by atoms with van der Waals surface area (Å²) in [4.78, 5) is 26.2. The molecule has 1 aliphatic carbocycles. The zero-order valence-electron chi connectivity index (χ0n) is 19.2. The fourth-order valence-electron chi connectivity index (χ4n) is 3.67. The van der Waals surface area contributed by atoms with Crippen LogP contribution in [0.25, 0.3) is 6.08 Å².